The van der Waals surface area contributed by atoms with E-state index in [1.165, 1.54) is 11.1 Å². The number of carboxylic acids is 1. The molecule has 1 aliphatic rings. The molecule has 0 bridgehead atoms. The third-order valence-corrected chi connectivity index (χ3v) is 3.65. The van der Waals surface area contributed by atoms with Crippen LogP contribution in [0.1, 0.15) is 17.3 Å². The summed E-state index contributed by atoms with van der Waals surface area (Å²) in [5.41, 5.74) is 0.528. The molecular formula is C14H19N3O3. The lowest BCUT2D eigenvalue weighted by Crippen LogP contribution is -2.24. The van der Waals surface area contributed by atoms with Gasteiger partial charge in [-0.25, -0.2) is 4.98 Å². The van der Waals surface area contributed by atoms with Gasteiger partial charge < -0.3 is 14.9 Å². The van der Waals surface area contributed by atoms with E-state index in [-0.39, 0.29) is 17.7 Å². The molecule has 1 aromatic heterocycles. The number of aliphatic carboxylic acids is 1. The van der Waals surface area contributed by atoms with Gasteiger partial charge in [0.25, 0.3) is 5.91 Å². The van der Waals surface area contributed by atoms with Crippen molar-refractivity contribution in [1.82, 2.24) is 9.88 Å². The number of carboxylic acid groups (broad SMARTS) is 1. The largest absolute Gasteiger partial charge is 0.481 e. The molecule has 0 radical (unpaired) electrons. The molecule has 1 saturated heterocycles. The smallest absolute Gasteiger partial charge is 0.308 e. The first-order chi connectivity index (χ1) is 9.40. The Hall–Kier alpha value is -2.11. The fraction of sp³-hybridized carbons (Fsp3) is 0.500. The van der Waals surface area contributed by atoms with Gasteiger partial charge in [0, 0.05) is 33.4 Å². The summed E-state index contributed by atoms with van der Waals surface area (Å²) in [5.74, 6) is -0.408. The maximum absolute atomic E-state index is 11.8. The van der Waals surface area contributed by atoms with E-state index in [4.69, 9.17) is 5.11 Å². The summed E-state index contributed by atoms with van der Waals surface area (Å²) in [6, 6.07) is 3.50. The number of pyridine rings is 1. The van der Waals surface area contributed by atoms with Crippen molar-refractivity contribution < 1.29 is 14.7 Å². The van der Waals surface area contributed by atoms with E-state index in [2.05, 4.69) is 4.98 Å². The Morgan fingerprint density at radius 1 is 1.35 bits per heavy atom. The highest BCUT2D eigenvalue weighted by molar-refractivity contribution is 5.93. The summed E-state index contributed by atoms with van der Waals surface area (Å²) in [6.07, 6.45) is 1.54. The van der Waals surface area contributed by atoms with Gasteiger partial charge >= 0.3 is 5.97 Å². The van der Waals surface area contributed by atoms with Crippen molar-refractivity contribution in [3.63, 3.8) is 0 Å². The molecule has 0 spiro atoms. The Labute approximate surface area is 118 Å². The van der Waals surface area contributed by atoms with Gasteiger partial charge in [-0.1, -0.05) is 6.92 Å². The zero-order chi connectivity index (χ0) is 14.9. The summed E-state index contributed by atoms with van der Waals surface area (Å²) in [7, 11) is 3.38. The minimum absolute atomic E-state index is 0.0948. The van der Waals surface area contributed by atoms with Gasteiger partial charge in [0.15, 0.2) is 0 Å². The van der Waals surface area contributed by atoms with Crippen LogP contribution >= 0.6 is 0 Å². The minimum Gasteiger partial charge on any atom is -0.481 e. The predicted molar refractivity (Wildman–Crippen MR) is 74.8 cm³/mol. The van der Waals surface area contributed by atoms with Gasteiger partial charge in [0.05, 0.1) is 11.5 Å². The van der Waals surface area contributed by atoms with Crippen molar-refractivity contribution in [2.45, 2.75) is 6.92 Å². The van der Waals surface area contributed by atoms with E-state index >= 15 is 0 Å². The number of aromatic nitrogens is 1. The molecular weight excluding hydrogens is 258 g/mol. The number of rotatable bonds is 3. The van der Waals surface area contributed by atoms with Crippen LogP contribution in [-0.2, 0) is 4.79 Å². The van der Waals surface area contributed by atoms with Crippen LogP contribution in [0.3, 0.4) is 0 Å². The van der Waals surface area contributed by atoms with Gasteiger partial charge in [-0.15, -0.1) is 0 Å². The predicted octanol–water partition coefficient (Wildman–Crippen LogP) is 0.940. The van der Waals surface area contributed by atoms with Crippen molar-refractivity contribution >= 4 is 17.7 Å². The lowest BCUT2D eigenvalue weighted by atomic mass is 9.99. The maximum atomic E-state index is 11.8. The molecule has 108 valence electrons. The molecule has 1 amide bonds. The molecule has 2 unspecified atom stereocenters. The van der Waals surface area contributed by atoms with Crippen LogP contribution in [-0.4, -0.2) is 54.1 Å². The Kier molecular flexibility index (Phi) is 3.92. The van der Waals surface area contributed by atoms with E-state index in [0.717, 1.165) is 5.82 Å². The van der Waals surface area contributed by atoms with Crippen molar-refractivity contribution in [2.75, 3.05) is 32.1 Å². The van der Waals surface area contributed by atoms with E-state index in [1.807, 2.05) is 11.8 Å². The number of nitrogens with zero attached hydrogens (tertiary/aromatic N) is 3. The highest BCUT2D eigenvalue weighted by atomic mass is 16.4. The van der Waals surface area contributed by atoms with Gasteiger partial charge in [-0.3, -0.25) is 9.59 Å². The standard InChI is InChI=1S/C14H19N3O3/c1-9-7-17(8-11(9)14(19)20)12-5-4-10(6-15-12)13(18)16(2)3/h4-6,9,11H,7-8H2,1-3H3,(H,19,20). The zero-order valence-corrected chi connectivity index (χ0v) is 11.9. The average Bonchev–Trinajstić information content (AvgIpc) is 2.80. The van der Waals surface area contributed by atoms with E-state index in [9.17, 15) is 9.59 Å². The maximum Gasteiger partial charge on any atom is 0.308 e. The minimum atomic E-state index is -0.764. The summed E-state index contributed by atoms with van der Waals surface area (Å²) >= 11 is 0. The number of carbonyl (C=O) groups is 2. The van der Waals surface area contributed by atoms with Gasteiger partial charge in [-0.05, 0) is 18.1 Å². The number of amides is 1. The molecule has 1 N–H and O–H groups in total. The molecule has 0 aliphatic carbocycles. The molecule has 6 nitrogen and oxygen atoms in total. The van der Waals surface area contributed by atoms with Crippen LogP contribution in [0, 0.1) is 11.8 Å². The van der Waals surface area contributed by atoms with Crippen molar-refractivity contribution in [1.29, 1.82) is 0 Å². The summed E-state index contributed by atoms with van der Waals surface area (Å²) < 4.78 is 0. The first-order valence-electron chi connectivity index (χ1n) is 6.55. The number of hydrogen-bond acceptors (Lipinski definition) is 4. The van der Waals surface area contributed by atoms with Crippen molar-refractivity contribution in [2.24, 2.45) is 11.8 Å². The van der Waals surface area contributed by atoms with Gasteiger partial charge in [0.1, 0.15) is 5.82 Å². The normalized spacial score (nSPS) is 21.9. The molecule has 0 saturated carbocycles. The fourth-order valence-corrected chi connectivity index (χ4v) is 2.43. The molecule has 1 aliphatic heterocycles. The Morgan fingerprint density at radius 3 is 2.50 bits per heavy atom. The molecule has 6 heteroatoms. The molecule has 20 heavy (non-hydrogen) atoms. The molecule has 2 heterocycles. The van der Waals surface area contributed by atoms with Crippen LogP contribution in [0.4, 0.5) is 5.82 Å². The number of hydrogen-bond donors (Lipinski definition) is 1. The van der Waals surface area contributed by atoms with Crippen LogP contribution in [0.15, 0.2) is 18.3 Å². The lowest BCUT2D eigenvalue weighted by Gasteiger charge is -2.17. The molecule has 2 atom stereocenters. The Balaban J connectivity index is 2.12. The van der Waals surface area contributed by atoms with Crippen molar-refractivity contribution in [3.8, 4) is 0 Å². The summed E-state index contributed by atoms with van der Waals surface area (Å²) in [4.78, 5) is 30.6. The fourth-order valence-electron chi connectivity index (χ4n) is 2.43. The summed E-state index contributed by atoms with van der Waals surface area (Å²) in [6.45, 7) is 3.07. The Bertz CT molecular complexity index is 513. The van der Waals surface area contributed by atoms with Crippen LogP contribution in [0.2, 0.25) is 0 Å². The van der Waals surface area contributed by atoms with Gasteiger partial charge in [0.2, 0.25) is 0 Å². The van der Waals surface area contributed by atoms with E-state index in [0.29, 0.717) is 18.7 Å². The monoisotopic (exact) mass is 277 g/mol. The number of anilines is 1. The van der Waals surface area contributed by atoms with E-state index < -0.39 is 5.97 Å². The average molecular weight is 277 g/mol. The quantitative estimate of drug-likeness (QED) is 0.890. The highest BCUT2D eigenvalue weighted by Crippen LogP contribution is 2.27. The molecule has 1 fully saturated rings. The second kappa shape index (κ2) is 5.48. The topological polar surface area (TPSA) is 73.7 Å². The molecule has 0 aromatic carbocycles. The van der Waals surface area contributed by atoms with Gasteiger partial charge in [-0.2, -0.15) is 0 Å². The summed E-state index contributed by atoms with van der Waals surface area (Å²) in [5, 5.41) is 9.13. The zero-order valence-electron chi connectivity index (χ0n) is 11.9. The number of carbonyl (C=O) groups excluding carboxylic acids is 1. The van der Waals surface area contributed by atoms with Crippen LogP contribution in [0.5, 0.6) is 0 Å². The van der Waals surface area contributed by atoms with Crippen molar-refractivity contribution in [3.05, 3.63) is 23.9 Å². The van der Waals surface area contributed by atoms with Crippen LogP contribution < -0.4 is 4.90 Å². The molecule has 1 aromatic rings. The van der Waals surface area contributed by atoms with E-state index in [1.54, 1.807) is 26.2 Å². The first kappa shape index (κ1) is 14.3. The van der Waals surface area contributed by atoms with Crippen LogP contribution in [0.25, 0.3) is 0 Å². The lowest BCUT2D eigenvalue weighted by molar-refractivity contribution is -0.142. The second-order valence-corrected chi connectivity index (χ2v) is 5.43. The third-order valence-electron chi connectivity index (χ3n) is 3.65. The SMILES string of the molecule is CC1CN(c2ccc(C(=O)N(C)C)cn2)CC1C(=O)O. The second-order valence-electron chi connectivity index (χ2n) is 5.43. The molecule has 2 rings (SSSR count). The third kappa shape index (κ3) is 2.74. The first-order valence-corrected chi connectivity index (χ1v) is 6.55. The highest BCUT2D eigenvalue weighted by Gasteiger charge is 2.35. The Morgan fingerprint density at radius 2 is 2.05 bits per heavy atom.